The molecule has 0 amide bonds. The van der Waals surface area contributed by atoms with Crippen molar-refractivity contribution in [3.8, 4) is 16.8 Å². The third-order valence-electron chi connectivity index (χ3n) is 12.1. The predicted octanol–water partition coefficient (Wildman–Crippen LogP) is 15.7. The Labute approximate surface area is 336 Å². The highest BCUT2D eigenvalue weighted by Crippen LogP contribution is 2.46. The van der Waals surface area contributed by atoms with Crippen molar-refractivity contribution >= 4 is 92.7 Å². The Hall–Kier alpha value is -7.68. The molecule has 0 N–H and O–H groups in total. The van der Waals surface area contributed by atoms with Crippen LogP contribution in [0.15, 0.2) is 218 Å². The van der Waals surface area contributed by atoms with Gasteiger partial charge in [0.1, 0.15) is 0 Å². The Balaban J connectivity index is 1.13. The topological polar surface area (TPSA) is 8.17 Å². The Kier molecular flexibility index (Phi) is 7.26. The Bertz CT molecular complexity index is 3580. The molecule has 12 rings (SSSR count). The molecule has 0 unspecified atom stereocenters. The zero-order valence-corrected chi connectivity index (χ0v) is 31.7. The van der Waals surface area contributed by atoms with Crippen molar-refractivity contribution in [3.63, 3.8) is 0 Å². The lowest BCUT2D eigenvalue weighted by molar-refractivity contribution is 1.19. The first-order valence-electron chi connectivity index (χ1n) is 20.0. The minimum absolute atomic E-state index is 1.10. The molecule has 0 saturated carbocycles. The summed E-state index contributed by atoms with van der Waals surface area (Å²) in [5.74, 6) is 0. The van der Waals surface area contributed by atoms with Gasteiger partial charge in [-0.25, -0.2) is 0 Å². The standard InChI is InChI=1S/C56H36N2/c1-2-18-42(19-3-1)58-53-27-13-26-48(55(53)52-32-30-38-15-5-9-23-49(38)56(52)58)39-17-12-20-43(34-39)57(44-31-33-47-41(35-44)29-28-37-14-4-7-21-45(37)47)54-36-40-16-6-8-22-46(40)50-24-10-11-25-51(50)54/h1-36H. The van der Waals surface area contributed by atoms with E-state index in [1.54, 1.807) is 0 Å². The van der Waals surface area contributed by atoms with Crippen molar-refractivity contribution in [2.75, 3.05) is 4.90 Å². The smallest absolute Gasteiger partial charge is 0.0619 e. The second-order valence-corrected chi connectivity index (χ2v) is 15.3. The average molecular weight is 737 g/mol. The lowest BCUT2D eigenvalue weighted by Gasteiger charge is -2.28. The highest BCUT2D eigenvalue weighted by Gasteiger charge is 2.21. The zero-order chi connectivity index (χ0) is 38.2. The largest absolute Gasteiger partial charge is 0.310 e. The predicted molar refractivity (Wildman–Crippen MR) is 248 cm³/mol. The van der Waals surface area contributed by atoms with Gasteiger partial charge in [0.05, 0.1) is 16.7 Å². The number of anilines is 3. The third-order valence-corrected chi connectivity index (χ3v) is 12.1. The van der Waals surface area contributed by atoms with Crippen molar-refractivity contribution in [2.45, 2.75) is 0 Å². The SMILES string of the molecule is c1ccc(-n2c3cccc(-c4cccc(N(c5ccc6c(ccc7ccccc76)c5)c5cc6ccccc6c6ccccc56)c4)c3c3ccc4ccccc4c32)cc1. The zero-order valence-electron chi connectivity index (χ0n) is 31.7. The van der Waals surface area contributed by atoms with Crippen molar-refractivity contribution in [1.82, 2.24) is 4.57 Å². The number of hydrogen-bond acceptors (Lipinski definition) is 1. The summed E-state index contributed by atoms with van der Waals surface area (Å²) >= 11 is 0. The number of benzene rings is 11. The molecule has 0 spiro atoms. The minimum atomic E-state index is 1.10. The molecule has 0 saturated heterocycles. The van der Waals surface area contributed by atoms with Crippen LogP contribution in [0, 0.1) is 0 Å². The fraction of sp³-hybridized carbons (Fsp3) is 0. The Morgan fingerprint density at radius 3 is 1.72 bits per heavy atom. The molecule has 11 aromatic carbocycles. The summed E-state index contributed by atoms with van der Waals surface area (Å²) in [5, 5.41) is 14.9. The molecule has 2 heteroatoms. The van der Waals surface area contributed by atoms with Crippen LogP contribution in [0.3, 0.4) is 0 Å². The van der Waals surface area contributed by atoms with E-state index in [-0.39, 0.29) is 0 Å². The number of fused-ring (bicyclic) bond motifs is 11. The molecule has 58 heavy (non-hydrogen) atoms. The monoisotopic (exact) mass is 736 g/mol. The molecule has 0 aliphatic rings. The quantitative estimate of drug-likeness (QED) is 0.160. The highest BCUT2D eigenvalue weighted by molar-refractivity contribution is 6.22. The van der Waals surface area contributed by atoms with Crippen molar-refractivity contribution in [3.05, 3.63) is 218 Å². The highest BCUT2D eigenvalue weighted by atomic mass is 15.1. The summed E-state index contributed by atoms with van der Waals surface area (Å²) in [6.45, 7) is 0. The van der Waals surface area contributed by atoms with Crippen molar-refractivity contribution in [2.24, 2.45) is 0 Å². The van der Waals surface area contributed by atoms with E-state index in [1.807, 2.05) is 0 Å². The molecule has 0 atom stereocenters. The molecular weight excluding hydrogens is 701 g/mol. The summed E-state index contributed by atoms with van der Waals surface area (Å²) in [7, 11) is 0. The van der Waals surface area contributed by atoms with Gasteiger partial charge < -0.3 is 9.47 Å². The van der Waals surface area contributed by atoms with E-state index in [0.717, 1.165) is 22.7 Å². The van der Waals surface area contributed by atoms with Crippen LogP contribution in [0.25, 0.3) is 92.5 Å². The van der Waals surface area contributed by atoms with Crippen LogP contribution in [-0.4, -0.2) is 4.57 Å². The maximum absolute atomic E-state index is 2.47. The van der Waals surface area contributed by atoms with E-state index in [0.29, 0.717) is 0 Å². The first-order valence-corrected chi connectivity index (χ1v) is 20.0. The van der Waals surface area contributed by atoms with Crippen LogP contribution in [0.2, 0.25) is 0 Å². The summed E-state index contributed by atoms with van der Waals surface area (Å²) in [5.41, 5.74) is 9.33. The molecule has 0 fully saturated rings. The summed E-state index contributed by atoms with van der Waals surface area (Å²) in [6.07, 6.45) is 0. The molecule has 12 aromatic rings. The van der Waals surface area contributed by atoms with Crippen LogP contribution in [-0.2, 0) is 0 Å². The fourth-order valence-electron chi connectivity index (χ4n) is 9.51. The molecule has 270 valence electrons. The molecule has 0 aliphatic carbocycles. The number of rotatable bonds is 5. The van der Waals surface area contributed by atoms with Gasteiger partial charge in [-0.3, -0.25) is 0 Å². The van der Waals surface area contributed by atoms with Gasteiger partial charge in [0.15, 0.2) is 0 Å². The summed E-state index contributed by atoms with van der Waals surface area (Å²) in [4.78, 5) is 2.47. The molecule has 1 heterocycles. The summed E-state index contributed by atoms with van der Waals surface area (Å²) in [6, 6.07) is 80.2. The van der Waals surface area contributed by atoms with Crippen LogP contribution in [0.5, 0.6) is 0 Å². The van der Waals surface area contributed by atoms with Crippen LogP contribution >= 0.6 is 0 Å². The normalized spacial score (nSPS) is 11.8. The van der Waals surface area contributed by atoms with Crippen LogP contribution < -0.4 is 4.90 Å². The summed E-state index contributed by atoms with van der Waals surface area (Å²) < 4.78 is 2.45. The van der Waals surface area contributed by atoms with Crippen molar-refractivity contribution < 1.29 is 0 Å². The Morgan fingerprint density at radius 1 is 0.328 bits per heavy atom. The first-order chi connectivity index (χ1) is 28.8. The van der Waals surface area contributed by atoms with Gasteiger partial charge in [0.2, 0.25) is 0 Å². The van der Waals surface area contributed by atoms with E-state index >= 15 is 0 Å². The fourth-order valence-corrected chi connectivity index (χ4v) is 9.51. The lowest BCUT2D eigenvalue weighted by Crippen LogP contribution is -2.11. The molecule has 0 aliphatic heterocycles. The van der Waals surface area contributed by atoms with E-state index in [1.165, 1.54) is 86.8 Å². The van der Waals surface area contributed by atoms with E-state index in [9.17, 15) is 0 Å². The maximum atomic E-state index is 2.47. The van der Waals surface area contributed by atoms with Crippen LogP contribution in [0.1, 0.15) is 0 Å². The van der Waals surface area contributed by atoms with Gasteiger partial charge in [-0.1, -0.05) is 170 Å². The second kappa shape index (κ2) is 12.9. The van der Waals surface area contributed by atoms with Gasteiger partial charge in [-0.15, -0.1) is 0 Å². The average Bonchev–Trinajstić information content (AvgIpc) is 3.65. The molecule has 0 bridgehead atoms. The minimum Gasteiger partial charge on any atom is -0.310 e. The molecule has 2 nitrogen and oxygen atoms in total. The number of hydrogen-bond donors (Lipinski definition) is 0. The number of para-hydroxylation sites is 1. The van der Waals surface area contributed by atoms with E-state index < -0.39 is 0 Å². The van der Waals surface area contributed by atoms with E-state index in [4.69, 9.17) is 0 Å². The second-order valence-electron chi connectivity index (χ2n) is 15.3. The van der Waals surface area contributed by atoms with Gasteiger partial charge in [-0.05, 0) is 103 Å². The maximum Gasteiger partial charge on any atom is 0.0619 e. The van der Waals surface area contributed by atoms with Crippen molar-refractivity contribution in [1.29, 1.82) is 0 Å². The third kappa shape index (κ3) is 4.99. The van der Waals surface area contributed by atoms with Gasteiger partial charge in [0, 0.05) is 38.6 Å². The van der Waals surface area contributed by atoms with Crippen LogP contribution in [0.4, 0.5) is 17.1 Å². The Morgan fingerprint density at radius 2 is 0.897 bits per heavy atom. The number of aromatic nitrogens is 1. The number of nitrogens with zero attached hydrogens (tertiary/aromatic N) is 2. The van der Waals surface area contributed by atoms with Gasteiger partial charge in [-0.2, -0.15) is 0 Å². The molecule has 1 aromatic heterocycles. The molecule has 0 radical (unpaired) electrons. The van der Waals surface area contributed by atoms with Gasteiger partial charge in [0.25, 0.3) is 0 Å². The molecular formula is C56H36N2. The van der Waals surface area contributed by atoms with Gasteiger partial charge >= 0.3 is 0 Å². The van der Waals surface area contributed by atoms with E-state index in [2.05, 4.69) is 228 Å². The lowest BCUT2D eigenvalue weighted by atomic mass is 9.96. The first kappa shape index (κ1) is 32.6.